The Hall–Kier alpha value is 0.0623. The van der Waals surface area contributed by atoms with Crippen molar-refractivity contribution in [3.05, 3.63) is 22.3 Å². The topological polar surface area (TPSA) is 51.2 Å². The molecule has 0 aromatic carbocycles. The third kappa shape index (κ3) is 25700. The molecular formula is C3H9O3Re-3. The van der Waals surface area contributed by atoms with Crippen molar-refractivity contribution in [1.82, 2.24) is 0 Å². The van der Waals surface area contributed by atoms with Crippen LogP contribution >= 0.6 is 0 Å². The number of rotatable bonds is 0. The van der Waals surface area contributed by atoms with Gasteiger partial charge in [0.15, 0.2) is 0 Å². The Morgan fingerprint density at radius 1 is 0.714 bits per heavy atom. The summed E-state index contributed by atoms with van der Waals surface area (Å²) in [5.41, 5.74) is 0. The molecule has 0 rings (SSSR count). The van der Waals surface area contributed by atoms with Gasteiger partial charge in [-0.1, -0.05) is 0 Å². The fourth-order valence-corrected chi connectivity index (χ4v) is 0. The van der Waals surface area contributed by atoms with Crippen molar-refractivity contribution in [2.24, 2.45) is 0 Å². The van der Waals surface area contributed by atoms with Gasteiger partial charge in [-0.2, -0.15) is 0 Å². The average molecular weight is 279 g/mol. The van der Waals surface area contributed by atoms with Crippen LogP contribution in [0.25, 0.3) is 0 Å². The normalized spacial score (nSPS) is 3.43. The molecule has 3 nitrogen and oxygen atoms in total. The van der Waals surface area contributed by atoms with Gasteiger partial charge in [-0.3, -0.25) is 0 Å². The second kappa shape index (κ2) is 16.6. The molecule has 7 heavy (non-hydrogen) atoms. The van der Waals surface area contributed by atoms with Crippen LogP contribution in [-0.4, -0.2) is 0 Å². The minimum atomic E-state index is -4.21. The zero-order chi connectivity index (χ0) is 3.58. The maximum absolute atomic E-state index is 8.60. The Labute approximate surface area is 49.9 Å². The van der Waals surface area contributed by atoms with Crippen molar-refractivity contribution in [1.29, 1.82) is 0 Å². The molecule has 0 unspecified atom stereocenters. The standard InChI is InChI=1S/3CH3.3O.Re/h3*1H3;;;;/q3*-1;;;;. The second-order valence-electron chi connectivity index (χ2n) is 0.189. The van der Waals surface area contributed by atoms with Gasteiger partial charge in [0.25, 0.3) is 0 Å². The quantitative estimate of drug-likeness (QED) is 0.621. The minimum absolute atomic E-state index is 0. The summed E-state index contributed by atoms with van der Waals surface area (Å²) in [7, 11) is 0. The summed E-state index contributed by atoms with van der Waals surface area (Å²) < 4.78 is 25.8. The van der Waals surface area contributed by atoms with Crippen LogP contribution in [0.5, 0.6) is 0 Å². The SMILES string of the molecule is [CH3-].[CH3-].[CH3-].[O]=[Re](=[O])=[O]. The van der Waals surface area contributed by atoms with Crippen LogP contribution in [0.4, 0.5) is 0 Å². The number of hydrogen-bond acceptors (Lipinski definition) is 3. The fourth-order valence-electron chi connectivity index (χ4n) is 0. The maximum atomic E-state index is 8.60. The van der Waals surface area contributed by atoms with E-state index < -0.39 is 16.6 Å². The summed E-state index contributed by atoms with van der Waals surface area (Å²) in [5, 5.41) is 0. The van der Waals surface area contributed by atoms with Crippen LogP contribution in [0.3, 0.4) is 0 Å². The molecule has 0 aliphatic carbocycles. The van der Waals surface area contributed by atoms with Gasteiger partial charge in [-0.15, -0.1) is 0 Å². The summed E-state index contributed by atoms with van der Waals surface area (Å²) in [4.78, 5) is 0. The first-order valence-electron chi connectivity index (χ1n) is 0.463. The van der Waals surface area contributed by atoms with Gasteiger partial charge in [0, 0.05) is 0 Å². The summed E-state index contributed by atoms with van der Waals surface area (Å²) >= 11 is -4.21. The van der Waals surface area contributed by atoms with Crippen molar-refractivity contribution in [2.75, 3.05) is 0 Å². The molecule has 0 N–H and O–H groups in total. The van der Waals surface area contributed by atoms with Crippen molar-refractivity contribution in [3.63, 3.8) is 0 Å². The van der Waals surface area contributed by atoms with Crippen LogP contribution in [0, 0.1) is 22.3 Å². The summed E-state index contributed by atoms with van der Waals surface area (Å²) in [6, 6.07) is 0. The van der Waals surface area contributed by atoms with Crippen LogP contribution in [-0.2, 0) is 27.0 Å². The summed E-state index contributed by atoms with van der Waals surface area (Å²) in [6.07, 6.45) is 0. The first-order chi connectivity index (χ1) is 1.73. The van der Waals surface area contributed by atoms with E-state index in [1.807, 2.05) is 0 Å². The van der Waals surface area contributed by atoms with E-state index in [1.54, 1.807) is 0 Å². The van der Waals surface area contributed by atoms with Crippen molar-refractivity contribution >= 4 is 0 Å². The number of hydrogen-bond donors (Lipinski definition) is 0. The van der Waals surface area contributed by atoms with E-state index >= 15 is 0 Å². The zero-order valence-corrected chi connectivity index (χ0v) is 7.32. The van der Waals surface area contributed by atoms with Crippen molar-refractivity contribution in [2.45, 2.75) is 0 Å². The van der Waals surface area contributed by atoms with Gasteiger partial charge in [0.05, 0.1) is 0 Å². The molecule has 0 aliphatic rings. The Kier molecular flexibility index (Phi) is 65.5. The third-order valence-electron chi connectivity index (χ3n) is 0. The molecule has 0 atom stereocenters. The molecule has 0 fully saturated rings. The van der Waals surface area contributed by atoms with E-state index in [-0.39, 0.29) is 22.3 Å². The van der Waals surface area contributed by atoms with Crippen LogP contribution in [0.1, 0.15) is 0 Å². The van der Waals surface area contributed by atoms with Gasteiger partial charge in [0.2, 0.25) is 0 Å². The molecule has 0 aliphatic heterocycles. The van der Waals surface area contributed by atoms with Crippen molar-refractivity contribution < 1.29 is 27.0 Å². The summed E-state index contributed by atoms with van der Waals surface area (Å²) in [5.74, 6) is 0. The molecule has 0 aromatic rings. The van der Waals surface area contributed by atoms with E-state index in [2.05, 4.69) is 0 Å². The van der Waals surface area contributed by atoms with Crippen LogP contribution < -0.4 is 0 Å². The van der Waals surface area contributed by atoms with E-state index in [1.165, 1.54) is 0 Å². The first kappa shape index (κ1) is 27.7. The molecule has 0 saturated carbocycles. The van der Waals surface area contributed by atoms with E-state index in [9.17, 15) is 0 Å². The van der Waals surface area contributed by atoms with Gasteiger partial charge < -0.3 is 22.3 Å². The third-order valence-corrected chi connectivity index (χ3v) is 0. The fraction of sp³-hybridized carbons (Fsp3) is 0. The molecule has 0 radical (unpaired) electrons. The molecule has 0 spiro atoms. The molecule has 0 aromatic heterocycles. The predicted octanol–water partition coefficient (Wildman–Crippen LogP) is 0.992. The summed E-state index contributed by atoms with van der Waals surface area (Å²) in [6.45, 7) is 0. The molecule has 0 bridgehead atoms. The zero-order valence-electron chi connectivity index (χ0n) is 4.60. The predicted molar refractivity (Wildman–Crippen MR) is 21.3 cm³/mol. The Morgan fingerprint density at radius 2 is 0.714 bits per heavy atom. The molecule has 0 saturated heterocycles. The Balaban J connectivity index is -0.0000000150. The Bertz CT molecular complexity index is 79.6. The van der Waals surface area contributed by atoms with E-state index in [0.717, 1.165) is 0 Å². The van der Waals surface area contributed by atoms with E-state index in [4.69, 9.17) is 10.4 Å². The first-order valence-corrected chi connectivity index (χ1v) is 3.79. The van der Waals surface area contributed by atoms with Crippen LogP contribution in [0.15, 0.2) is 0 Å². The molecule has 4 heteroatoms. The van der Waals surface area contributed by atoms with Gasteiger partial charge in [-0.25, -0.2) is 0 Å². The van der Waals surface area contributed by atoms with Crippen LogP contribution in [0.2, 0.25) is 0 Å². The average Bonchev–Trinajstić information content (AvgIpc) is 0.811. The monoisotopic (exact) mass is 280 g/mol. The second-order valence-corrected chi connectivity index (χ2v) is 1.55. The van der Waals surface area contributed by atoms with E-state index in [0.29, 0.717) is 0 Å². The van der Waals surface area contributed by atoms with Gasteiger partial charge >= 0.3 is 27.0 Å². The van der Waals surface area contributed by atoms with Gasteiger partial charge in [0.1, 0.15) is 0 Å². The molecule has 0 amide bonds. The molecule has 49 valence electrons. The Morgan fingerprint density at radius 3 is 0.714 bits per heavy atom. The molecular weight excluding hydrogens is 270 g/mol. The van der Waals surface area contributed by atoms with Gasteiger partial charge in [-0.05, 0) is 0 Å². The van der Waals surface area contributed by atoms with Crippen molar-refractivity contribution in [3.8, 4) is 0 Å². The molecule has 0 heterocycles.